The molecule has 0 saturated heterocycles. The molecule has 7 aromatic carbocycles. The van der Waals surface area contributed by atoms with Crippen LogP contribution >= 0.6 is 0 Å². The van der Waals surface area contributed by atoms with Crippen LogP contribution < -0.4 is 0 Å². The van der Waals surface area contributed by atoms with Crippen molar-refractivity contribution in [2.75, 3.05) is 0 Å². The standard InChI is InChI=1S/C45H30N2/c1-4-15-31(16-5-1)32-27-29-33(30-28-32)43-37-22-11-13-26-41(37)46-44(47-43)38-23-14-25-40-42(38)36-21-10-12-24-39(36)45(40,34-17-6-2-7-18-34)35-19-8-3-9-20-35/h1-30H. The molecule has 0 spiro atoms. The minimum absolute atomic E-state index is 0.475. The van der Waals surface area contributed by atoms with E-state index in [4.69, 9.17) is 9.97 Å². The molecule has 2 heteroatoms. The number of benzene rings is 7. The van der Waals surface area contributed by atoms with Gasteiger partial charge in [0.15, 0.2) is 5.82 Å². The van der Waals surface area contributed by atoms with Gasteiger partial charge < -0.3 is 0 Å². The lowest BCUT2D eigenvalue weighted by molar-refractivity contribution is 0.768. The zero-order valence-corrected chi connectivity index (χ0v) is 25.7. The Morgan fingerprint density at radius 2 is 0.894 bits per heavy atom. The van der Waals surface area contributed by atoms with E-state index in [1.165, 1.54) is 44.5 Å². The fourth-order valence-corrected chi connectivity index (χ4v) is 7.55. The van der Waals surface area contributed by atoms with Gasteiger partial charge in [-0.15, -0.1) is 0 Å². The summed E-state index contributed by atoms with van der Waals surface area (Å²) >= 11 is 0. The molecule has 0 saturated carbocycles. The molecular formula is C45H30N2. The summed E-state index contributed by atoms with van der Waals surface area (Å²) < 4.78 is 0. The SMILES string of the molecule is c1ccc(-c2ccc(-c3nc(-c4cccc5c4-c4ccccc4C5(c4ccccc4)c4ccccc4)nc4ccccc34)cc2)cc1. The molecule has 2 nitrogen and oxygen atoms in total. The highest BCUT2D eigenvalue weighted by Crippen LogP contribution is 2.58. The van der Waals surface area contributed by atoms with Crippen LogP contribution in [-0.4, -0.2) is 9.97 Å². The molecule has 47 heavy (non-hydrogen) atoms. The van der Waals surface area contributed by atoms with E-state index in [0.29, 0.717) is 0 Å². The molecule has 0 bridgehead atoms. The molecule has 9 rings (SSSR count). The topological polar surface area (TPSA) is 25.8 Å². The number of hydrogen-bond acceptors (Lipinski definition) is 2. The van der Waals surface area contributed by atoms with E-state index in [1.54, 1.807) is 0 Å². The summed E-state index contributed by atoms with van der Waals surface area (Å²) in [6.45, 7) is 0. The van der Waals surface area contributed by atoms with Crippen LogP contribution in [0.2, 0.25) is 0 Å². The maximum atomic E-state index is 5.38. The first kappa shape index (κ1) is 27.2. The number of para-hydroxylation sites is 1. The van der Waals surface area contributed by atoms with Gasteiger partial charge in [0.25, 0.3) is 0 Å². The second-order valence-electron chi connectivity index (χ2n) is 12.1. The van der Waals surface area contributed by atoms with Gasteiger partial charge in [-0.2, -0.15) is 0 Å². The molecular weight excluding hydrogens is 569 g/mol. The second-order valence-corrected chi connectivity index (χ2v) is 12.1. The Labute approximate surface area is 274 Å². The number of nitrogens with zero attached hydrogens (tertiary/aromatic N) is 2. The van der Waals surface area contributed by atoms with E-state index >= 15 is 0 Å². The van der Waals surface area contributed by atoms with E-state index in [9.17, 15) is 0 Å². The fraction of sp³-hybridized carbons (Fsp3) is 0.0222. The maximum Gasteiger partial charge on any atom is 0.161 e. The molecule has 8 aromatic rings. The summed E-state index contributed by atoms with van der Waals surface area (Å²) in [5.74, 6) is 0.731. The Morgan fingerprint density at radius 1 is 0.362 bits per heavy atom. The average Bonchev–Trinajstić information content (AvgIpc) is 3.47. The van der Waals surface area contributed by atoms with Gasteiger partial charge in [0.05, 0.1) is 16.6 Å². The number of rotatable bonds is 5. The van der Waals surface area contributed by atoms with E-state index < -0.39 is 5.41 Å². The van der Waals surface area contributed by atoms with E-state index in [0.717, 1.165) is 33.5 Å². The van der Waals surface area contributed by atoms with Crippen molar-refractivity contribution in [1.82, 2.24) is 9.97 Å². The van der Waals surface area contributed by atoms with Crippen LogP contribution in [0.25, 0.3) is 55.8 Å². The predicted octanol–water partition coefficient (Wildman–Crippen LogP) is 11.0. The van der Waals surface area contributed by atoms with Crippen molar-refractivity contribution in [3.8, 4) is 44.9 Å². The zero-order chi connectivity index (χ0) is 31.2. The van der Waals surface area contributed by atoms with E-state index in [-0.39, 0.29) is 0 Å². The van der Waals surface area contributed by atoms with Crippen LogP contribution in [0, 0.1) is 0 Å². The van der Waals surface area contributed by atoms with Gasteiger partial charge in [-0.05, 0) is 50.6 Å². The molecule has 0 aliphatic heterocycles. The largest absolute Gasteiger partial charge is 0.228 e. The van der Waals surface area contributed by atoms with Crippen molar-refractivity contribution in [2.24, 2.45) is 0 Å². The third-order valence-electron chi connectivity index (χ3n) is 9.59. The van der Waals surface area contributed by atoms with Crippen molar-refractivity contribution in [3.05, 3.63) is 204 Å². The third kappa shape index (κ3) is 4.26. The van der Waals surface area contributed by atoms with Gasteiger partial charge in [0.1, 0.15) is 0 Å². The molecule has 0 unspecified atom stereocenters. The van der Waals surface area contributed by atoms with Crippen molar-refractivity contribution >= 4 is 10.9 Å². The van der Waals surface area contributed by atoms with Crippen molar-refractivity contribution in [2.45, 2.75) is 5.41 Å². The molecule has 0 atom stereocenters. The molecule has 0 N–H and O–H groups in total. The molecule has 0 fully saturated rings. The van der Waals surface area contributed by atoms with Crippen LogP contribution in [0.15, 0.2) is 182 Å². The Morgan fingerprint density at radius 3 is 1.62 bits per heavy atom. The molecule has 220 valence electrons. The lowest BCUT2D eigenvalue weighted by atomic mass is 9.67. The molecule has 1 aliphatic rings. The van der Waals surface area contributed by atoms with Gasteiger partial charge in [-0.3, -0.25) is 0 Å². The number of aromatic nitrogens is 2. The summed E-state index contributed by atoms with van der Waals surface area (Å²) in [5, 5.41) is 1.04. The molecule has 0 radical (unpaired) electrons. The first-order valence-corrected chi connectivity index (χ1v) is 16.1. The van der Waals surface area contributed by atoms with Gasteiger partial charge >= 0.3 is 0 Å². The molecule has 0 amide bonds. The van der Waals surface area contributed by atoms with E-state index in [1.807, 2.05) is 0 Å². The van der Waals surface area contributed by atoms with Crippen molar-refractivity contribution in [1.29, 1.82) is 0 Å². The third-order valence-corrected chi connectivity index (χ3v) is 9.59. The minimum atomic E-state index is -0.475. The highest BCUT2D eigenvalue weighted by atomic mass is 14.9. The van der Waals surface area contributed by atoms with Gasteiger partial charge in [-0.1, -0.05) is 176 Å². The van der Waals surface area contributed by atoms with Crippen LogP contribution in [-0.2, 0) is 5.41 Å². The molecule has 1 aromatic heterocycles. The van der Waals surface area contributed by atoms with Gasteiger partial charge in [0.2, 0.25) is 0 Å². The van der Waals surface area contributed by atoms with Crippen LogP contribution in [0.4, 0.5) is 0 Å². The normalized spacial score (nSPS) is 12.9. The number of fused-ring (bicyclic) bond motifs is 4. The van der Waals surface area contributed by atoms with Crippen molar-refractivity contribution < 1.29 is 0 Å². The minimum Gasteiger partial charge on any atom is -0.228 e. The summed E-state index contributed by atoms with van der Waals surface area (Å²) in [7, 11) is 0. The Hall–Kier alpha value is -6.12. The van der Waals surface area contributed by atoms with Crippen molar-refractivity contribution in [3.63, 3.8) is 0 Å². The predicted molar refractivity (Wildman–Crippen MR) is 193 cm³/mol. The summed E-state index contributed by atoms with van der Waals surface area (Å²) in [5.41, 5.74) is 13.3. The first-order valence-electron chi connectivity index (χ1n) is 16.1. The Bertz CT molecular complexity index is 2340. The second kappa shape index (κ2) is 11.0. The molecule has 1 aliphatic carbocycles. The lowest BCUT2D eigenvalue weighted by Gasteiger charge is -2.33. The highest BCUT2D eigenvalue weighted by molar-refractivity contribution is 5.98. The van der Waals surface area contributed by atoms with Crippen LogP contribution in [0.3, 0.4) is 0 Å². The van der Waals surface area contributed by atoms with Gasteiger partial charge in [0, 0.05) is 16.5 Å². The Balaban J connectivity index is 1.30. The summed E-state index contributed by atoms with van der Waals surface area (Å²) in [6.07, 6.45) is 0. The lowest BCUT2D eigenvalue weighted by Crippen LogP contribution is -2.28. The van der Waals surface area contributed by atoms with Gasteiger partial charge in [-0.25, -0.2) is 9.97 Å². The quantitative estimate of drug-likeness (QED) is 0.197. The highest BCUT2D eigenvalue weighted by Gasteiger charge is 2.46. The number of hydrogen-bond donors (Lipinski definition) is 0. The fourth-order valence-electron chi connectivity index (χ4n) is 7.55. The first-order chi connectivity index (χ1) is 23.3. The van der Waals surface area contributed by atoms with Crippen LogP contribution in [0.1, 0.15) is 22.3 Å². The smallest absolute Gasteiger partial charge is 0.161 e. The summed E-state index contributed by atoms with van der Waals surface area (Å²) in [4.78, 5) is 10.6. The summed E-state index contributed by atoms with van der Waals surface area (Å²) in [6, 6.07) is 64.9. The van der Waals surface area contributed by atoms with E-state index in [2.05, 4.69) is 182 Å². The maximum absolute atomic E-state index is 5.38. The zero-order valence-electron chi connectivity index (χ0n) is 25.7. The molecule has 1 heterocycles. The van der Waals surface area contributed by atoms with Crippen LogP contribution in [0.5, 0.6) is 0 Å². The Kier molecular flexibility index (Phi) is 6.39. The average molecular weight is 599 g/mol. The monoisotopic (exact) mass is 598 g/mol.